The molecule has 1 aromatic rings. The van der Waals surface area contributed by atoms with Crippen LogP contribution >= 0.6 is 15.9 Å². The first-order chi connectivity index (χ1) is 6.57. The standard InChI is InChI=1S/C10H12BrFN2/c1-6(2)10(14-13)7-4-3-5-8(12)9(7)11/h3-5,10,14H,1,13H2,2H3. The van der Waals surface area contributed by atoms with Crippen molar-refractivity contribution in [3.05, 3.63) is 46.2 Å². The maximum atomic E-state index is 13.2. The summed E-state index contributed by atoms with van der Waals surface area (Å²) in [7, 11) is 0. The predicted octanol–water partition coefficient (Wildman–Crippen LogP) is 2.67. The van der Waals surface area contributed by atoms with Gasteiger partial charge < -0.3 is 0 Å². The third kappa shape index (κ3) is 2.20. The number of hydrogen-bond acceptors (Lipinski definition) is 2. The van der Waals surface area contributed by atoms with Crippen LogP contribution in [0.25, 0.3) is 0 Å². The normalized spacial score (nSPS) is 12.6. The lowest BCUT2D eigenvalue weighted by Gasteiger charge is -2.17. The van der Waals surface area contributed by atoms with Gasteiger partial charge in [-0.25, -0.2) is 9.82 Å². The SMILES string of the molecule is C=C(C)C(NN)c1cccc(F)c1Br. The van der Waals surface area contributed by atoms with Crippen LogP contribution in [-0.2, 0) is 0 Å². The summed E-state index contributed by atoms with van der Waals surface area (Å²) < 4.78 is 13.6. The highest BCUT2D eigenvalue weighted by atomic mass is 79.9. The van der Waals surface area contributed by atoms with Crippen LogP contribution in [-0.4, -0.2) is 0 Å². The summed E-state index contributed by atoms with van der Waals surface area (Å²) in [5, 5.41) is 0. The monoisotopic (exact) mass is 258 g/mol. The maximum absolute atomic E-state index is 13.2. The van der Waals surface area contributed by atoms with Crippen molar-refractivity contribution in [1.29, 1.82) is 0 Å². The Balaban J connectivity index is 3.16. The minimum absolute atomic E-state index is 0.236. The quantitative estimate of drug-likeness (QED) is 0.497. The second-order valence-electron chi connectivity index (χ2n) is 3.09. The summed E-state index contributed by atoms with van der Waals surface area (Å²) in [6.45, 7) is 5.62. The van der Waals surface area contributed by atoms with Crippen LogP contribution in [0.3, 0.4) is 0 Å². The van der Waals surface area contributed by atoms with E-state index in [2.05, 4.69) is 27.9 Å². The molecular weight excluding hydrogens is 247 g/mol. The second kappa shape index (κ2) is 4.68. The summed E-state index contributed by atoms with van der Waals surface area (Å²) >= 11 is 3.18. The Bertz CT molecular complexity index is 352. The van der Waals surface area contributed by atoms with E-state index in [0.717, 1.165) is 11.1 Å². The van der Waals surface area contributed by atoms with Crippen LogP contribution in [0.4, 0.5) is 4.39 Å². The van der Waals surface area contributed by atoms with Gasteiger partial charge in [-0.15, -0.1) is 0 Å². The molecule has 0 radical (unpaired) electrons. The van der Waals surface area contributed by atoms with Gasteiger partial charge in [-0.2, -0.15) is 0 Å². The lowest BCUT2D eigenvalue weighted by molar-refractivity contribution is 0.593. The molecule has 0 aliphatic carbocycles. The summed E-state index contributed by atoms with van der Waals surface area (Å²) in [5.74, 6) is 5.07. The van der Waals surface area contributed by atoms with Gasteiger partial charge in [-0.1, -0.05) is 24.3 Å². The highest BCUT2D eigenvalue weighted by Gasteiger charge is 2.15. The van der Waals surface area contributed by atoms with Crippen molar-refractivity contribution in [2.75, 3.05) is 0 Å². The highest BCUT2D eigenvalue weighted by Crippen LogP contribution is 2.28. The van der Waals surface area contributed by atoms with Crippen molar-refractivity contribution >= 4 is 15.9 Å². The third-order valence-corrected chi connectivity index (χ3v) is 2.79. The molecule has 1 atom stereocenters. The van der Waals surface area contributed by atoms with Crippen molar-refractivity contribution in [2.24, 2.45) is 5.84 Å². The van der Waals surface area contributed by atoms with E-state index >= 15 is 0 Å². The zero-order chi connectivity index (χ0) is 10.7. The molecule has 0 amide bonds. The van der Waals surface area contributed by atoms with Gasteiger partial charge in [0.15, 0.2) is 0 Å². The minimum Gasteiger partial charge on any atom is -0.271 e. The molecule has 0 bridgehead atoms. The van der Waals surface area contributed by atoms with Crippen LogP contribution in [0, 0.1) is 5.82 Å². The molecule has 1 unspecified atom stereocenters. The number of halogens is 2. The fourth-order valence-electron chi connectivity index (χ4n) is 1.24. The van der Waals surface area contributed by atoms with E-state index in [4.69, 9.17) is 5.84 Å². The van der Waals surface area contributed by atoms with E-state index in [9.17, 15) is 4.39 Å². The Morgan fingerprint density at radius 1 is 1.64 bits per heavy atom. The Kier molecular flexibility index (Phi) is 3.80. The molecule has 4 heteroatoms. The van der Waals surface area contributed by atoms with Gasteiger partial charge in [0, 0.05) is 0 Å². The van der Waals surface area contributed by atoms with Crippen LogP contribution in [0.2, 0.25) is 0 Å². The van der Waals surface area contributed by atoms with E-state index in [-0.39, 0.29) is 11.9 Å². The van der Waals surface area contributed by atoms with Crippen molar-refractivity contribution in [1.82, 2.24) is 5.43 Å². The number of hydrazine groups is 1. The zero-order valence-electron chi connectivity index (χ0n) is 7.85. The topological polar surface area (TPSA) is 38.0 Å². The van der Waals surface area contributed by atoms with E-state index < -0.39 is 0 Å². The van der Waals surface area contributed by atoms with E-state index in [0.29, 0.717) is 4.47 Å². The molecule has 0 saturated carbocycles. The number of benzene rings is 1. The van der Waals surface area contributed by atoms with Crippen molar-refractivity contribution in [3.63, 3.8) is 0 Å². The molecule has 0 spiro atoms. The van der Waals surface area contributed by atoms with Gasteiger partial charge in [0.2, 0.25) is 0 Å². The predicted molar refractivity (Wildman–Crippen MR) is 59.0 cm³/mol. The number of hydrogen-bond donors (Lipinski definition) is 2. The molecule has 0 saturated heterocycles. The van der Waals surface area contributed by atoms with Gasteiger partial charge >= 0.3 is 0 Å². The maximum Gasteiger partial charge on any atom is 0.137 e. The molecular formula is C10H12BrFN2. The fraction of sp³-hybridized carbons (Fsp3) is 0.200. The average molecular weight is 259 g/mol. The number of nitrogens with one attached hydrogen (secondary N) is 1. The molecule has 0 aliphatic heterocycles. The van der Waals surface area contributed by atoms with Gasteiger partial charge in [-0.3, -0.25) is 5.84 Å². The fourth-order valence-corrected chi connectivity index (χ4v) is 1.73. The average Bonchev–Trinajstić information content (AvgIpc) is 2.13. The molecule has 0 aliphatic rings. The molecule has 0 fully saturated rings. The van der Waals surface area contributed by atoms with E-state index in [1.807, 2.05) is 6.92 Å². The van der Waals surface area contributed by atoms with Crippen molar-refractivity contribution in [2.45, 2.75) is 13.0 Å². The molecule has 0 aromatic heterocycles. The minimum atomic E-state index is -0.302. The summed E-state index contributed by atoms with van der Waals surface area (Å²) in [5.41, 5.74) is 4.17. The number of rotatable bonds is 3. The Hall–Kier alpha value is -0.710. The molecule has 0 heterocycles. The molecule has 2 nitrogen and oxygen atoms in total. The molecule has 3 N–H and O–H groups in total. The molecule has 76 valence electrons. The summed E-state index contributed by atoms with van der Waals surface area (Å²) in [4.78, 5) is 0. The third-order valence-electron chi connectivity index (χ3n) is 1.95. The van der Waals surface area contributed by atoms with E-state index in [1.54, 1.807) is 12.1 Å². The molecule has 1 aromatic carbocycles. The lowest BCUT2D eigenvalue weighted by atomic mass is 10.0. The van der Waals surface area contributed by atoms with Crippen LogP contribution in [0.5, 0.6) is 0 Å². The highest BCUT2D eigenvalue weighted by molar-refractivity contribution is 9.10. The van der Waals surface area contributed by atoms with Crippen molar-refractivity contribution in [3.8, 4) is 0 Å². The van der Waals surface area contributed by atoms with Gasteiger partial charge in [0.25, 0.3) is 0 Å². The van der Waals surface area contributed by atoms with Gasteiger partial charge in [-0.05, 0) is 34.5 Å². The first kappa shape index (κ1) is 11.4. The summed E-state index contributed by atoms with van der Waals surface area (Å²) in [6, 6.07) is 4.59. The first-order valence-corrected chi connectivity index (χ1v) is 4.92. The van der Waals surface area contributed by atoms with Crippen LogP contribution < -0.4 is 11.3 Å². The second-order valence-corrected chi connectivity index (χ2v) is 3.88. The van der Waals surface area contributed by atoms with Gasteiger partial charge in [0.1, 0.15) is 5.82 Å². The Labute approximate surface area is 91.1 Å². The first-order valence-electron chi connectivity index (χ1n) is 4.13. The summed E-state index contributed by atoms with van der Waals surface area (Å²) in [6.07, 6.45) is 0. The molecule has 14 heavy (non-hydrogen) atoms. The largest absolute Gasteiger partial charge is 0.271 e. The smallest absolute Gasteiger partial charge is 0.137 e. The lowest BCUT2D eigenvalue weighted by Crippen LogP contribution is -2.28. The Morgan fingerprint density at radius 3 is 2.79 bits per heavy atom. The molecule has 1 rings (SSSR count). The number of nitrogens with two attached hydrogens (primary N) is 1. The zero-order valence-corrected chi connectivity index (χ0v) is 9.44. The van der Waals surface area contributed by atoms with Crippen LogP contribution in [0.15, 0.2) is 34.8 Å². The Morgan fingerprint density at radius 2 is 2.29 bits per heavy atom. The van der Waals surface area contributed by atoms with Crippen LogP contribution in [0.1, 0.15) is 18.5 Å². The van der Waals surface area contributed by atoms with Crippen molar-refractivity contribution < 1.29 is 4.39 Å². The van der Waals surface area contributed by atoms with E-state index in [1.165, 1.54) is 6.07 Å². The van der Waals surface area contributed by atoms with Gasteiger partial charge in [0.05, 0.1) is 10.5 Å².